The Labute approximate surface area is 202 Å². The van der Waals surface area contributed by atoms with Crippen molar-refractivity contribution in [3.63, 3.8) is 0 Å². The Bertz CT molecular complexity index is 1070. The van der Waals surface area contributed by atoms with E-state index in [-0.39, 0.29) is 5.75 Å². The average molecular weight is 485 g/mol. The second-order valence-corrected chi connectivity index (χ2v) is 10.2. The SMILES string of the molecule is COc1cc(O)ccc1CN(Sc1ccc2c(c1)OCCC2N1CCCCC1)c1ncns1. The molecule has 0 radical (unpaired) electrons. The van der Waals surface area contributed by atoms with Crippen molar-refractivity contribution in [2.75, 3.05) is 31.1 Å². The summed E-state index contributed by atoms with van der Waals surface area (Å²) in [5.74, 6) is 1.81. The highest BCUT2D eigenvalue weighted by atomic mass is 32.2. The van der Waals surface area contributed by atoms with Gasteiger partial charge in [0.25, 0.3) is 0 Å². The van der Waals surface area contributed by atoms with Crippen LogP contribution >= 0.6 is 23.5 Å². The number of phenolic OH excluding ortho intramolecular Hbond substituents is 1. The molecule has 174 valence electrons. The third kappa shape index (κ3) is 5.05. The molecule has 0 spiro atoms. The van der Waals surface area contributed by atoms with Crippen molar-refractivity contribution in [2.45, 2.75) is 43.2 Å². The minimum Gasteiger partial charge on any atom is -0.508 e. The van der Waals surface area contributed by atoms with Crippen molar-refractivity contribution in [1.82, 2.24) is 14.3 Å². The second kappa shape index (κ2) is 10.2. The predicted octanol–water partition coefficient (Wildman–Crippen LogP) is 5.28. The summed E-state index contributed by atoms with van der Waals surface area (Å²) in [5.41, 5.74) is 2.26. The van der Waals surface area contributed by atoms with E-state index < -0.39 is 0 Å². The molecule has 0 saturated carbocycles. The van der Waals surface area contributed by atoms with Crippen LogP contribution in [0.2, 0.25) is 0 Å². The molecule has 5 rings (SSSR count). The molecule has 0 aliphatic carbocycles. The summed E-state index contributed by atoms with van der Waals surface area (Å²) in [5, 5.41) is 10.6. The lowest BCUT2D eigenvalue weighted by Gasteiger charge is -2.38. The number of likely N-dealkylation sites (tertiary alicyclic amines) is 1. The van der Waals surface area contributed by atoms with E-state index in [1.165, 1.54) is 49.4 Å². The predicted molar refractivity (Wildman–Crippen MR) is 131 cm³/mol. The van der Waals surface area contributed by atoms with Gasteiger partial charge in [0, 0.05) is 46.1 Å². The van der Waals surface area contributed by atoms with Gasteiger partial charge in [0.1, 0.15) is 23.6 Å². The number of phenols is 1. The Hall–Kier alpha value is -2.49. The van der Waals surface area contributed by atoms with Gasteiger partial charge >= 0.3 is 0 Å². The largest absolute Gasteiger partial charge is 0.508 e. The van der Waals surface area contributed by atoms with Gasteiger partial charge in [-0.2, -0.15) is 4.37 Å². The first-order valence-corrected chi connectivity index (χ1v) is 12.8. The zero-order valence-electron chi connectivity index (χ0n) is 18.6. The lowest BCUT2D eigenvalue weighted by Crippen LogP contribution is -2.36. The van der Waals surface area contributed by atoms with Crippen LogP contribution in [0, 0.1) is 0 Å². The smallest absolute Gasteiger partial charge is 0.215 e. The number of benzene rings is 2. The van der Waals surface area contributed by atoms with Crippen molar-refractivity contribution < 1.29 is 14.6 Å². The van der Waals surface area contributed by atoms with Crippen LogP contribution in [0.25, 0.3) is 0 Å². The van der Waals surface area contributed by atoms with Gasteiger partial charge in [-0.25, -0.2) is 4.98 Å². The van der Waals surface area contributed by atoms with Crippen LogP contribution in [0.4, 0.5) is 5.13 Å². The van der Waals surface area contributed by atoms with Crippen LogP contribution in [-0.4, -0.2) is 46.2 Å². The molecule has 1 fully saturated rings. The molecular formula is C24H28N4O3S2. The molecule has 2 aromatic carbocycles. The summed E-state index contributed by atoms with van der Waals surface area (Å²) in [6.07, 6.45) is 6.55. The van der Waals surface area contributed by atoms with Gasteiger partial charge in [-0.3, -0.25) is 9.21 Å². The van der Waals surface area contributed by atoms with Crippen molar-refractivity contribution in [3.05, 3.63) is 53.9 Å². The maximum Gasteiger partial charge on any atom is 0.215 e. The molecule has 33 heavy (non-hydrogen) atoms. The molecule has 1 atom stereocenters. The van der Waals surface area contributed by atoms with Gasteiger partial charge in [0.05, 0.1) is 20.3 Å². The van der Waals surface area contributed by atoms with E-state index >= 15 is 0 Å². The third-order valence-electron chi connectivity index (χ3n) is 6.19. The molecule has 1 unspecified atom stereocenters. The number of rotatable bonds is 7. The lowest BCUT2D eigenvalue weighted by atomic mass is 9.97. The number of aromatic hydroxyl groups is 1. The average Bonchev–Trinajstić information content (AvgIpc) is 3.39. The normalized spacial score (nSPS) is 18.4. The zero-order chi connectivity index (χ0) is 22.6. The minimum atomic E-state index is 0.181. The van der Waals surface area contributed by atoms with E-state index in [9.17, 15) is 5.11 Å². The van der Waals surface area contributed by atoms with Gasteiger partial charge in [-0.1, -0.05) is 12.5 Å². The van der Waals surface area contributed by atoms with E-state index in [0.717, 1.165) is 34.4 Å². The van der Waals surface area contributed by atoms with Gasteiger partial charge in [0.2, 0.25) is 5.13 Å². The fourth-order valence-electron chi connectivity index (χ4n) is 4.58. The first kappa shape index (κ1) is 22.3. The standard InChI is InChI=1S/C24H28N4O3S2/c1-30-22-13-18(29)6-5-17(22)15-28(24-25-16-26-32-24)33-19-7-8-20-21(9-12-31-23(20)14-19)27-10-3-2-4-11-27/h5-8,13-14,16,21,29H,2-4,9-12,15H2,1H3. The van der Waals surface area contributed by atoms with E-state index in [0.29, 0.717) is 18.3 Å². The number of fused-ring (bicyclic) bond motifs is 1. The van der Waals surface area contributed by atoms with Crippen molar-refractivity contribution >= 4 is 28.6 Å². The van der Waals surface area contributed by atoms with E-state index in [1.807, 2.05) is 6.07 Å². The number of anilines is 1. The second-order valence-electron chi connectivity index (χ2n) is 8.30. The first-order valence-electron chi connectivity index (χ1n) is 11.3. The quantitative estimate of drug-likeness (QED) is 0.455. The molecule has 2 aliphatic heterocycles. The molecule has 0 amide bonds. The molecule has 7 nitrogen and oxygen atoms in total. The molecule has 3 aromatic rings. The Morgan fingerprint density at radius 2 is 2.09 bits per heavy atom. The fourth-order valence-corrected chi connectivity index (χ4v) is 6.10. The maximum atomic E-state index is 9.81. The molecule has 9 heteroatoms. The van der Waals surface area contributed by atoms with Crippen LogP contribution in [0.3, 0.4) is 0 Å². The Morgan fingerprint density at radius 1 is 1.21 bits per heavy atom. The van der Waals surface area contributed by atoms with Crippen LogP contribution < -0.4 is 13.8 Å². The van der Waals surface area contributed by atoms with Gasteiger partial charge < -0.3 is 14.6 Å². The monoisotopic (exact) mass is 484 g/mol. The van der Waals surface area contributed by atoms with Crippen molar-refractivity contribution in [2.24, 2.45) is 0 Å². The number of nitrogens with zero attached hydrogens (tertiary/aromatic N) is 4. The minimum absolute atomic E-state index is 0.181. The van der Waals surface area contributed by atoms with Crippen LogP contribution in [0.15, 0.2) is 47.6 Å². The fraction of sp³-hybridized carbons (Fsp3) is 0.417. The molecule has 3 heterocycles. The number of hydrogen-bond donors (Lipinski definition) is 1. The van der Waals surface area contributed by atoms with Gasteiger partial charge in [-0.15, -0.1) is 0 Å². The molecule has 0 bridgehead atoms. The van der Waals surface area contributed by atoms with Crippen LogP contribution in [0.1, 0.15) is 42.9 Å². The maximum absolute atomic E-state index is 9.81. The molecule has 1 aromatic heterocycles. The number of hydrogen-bond acceptors (Lipinski definition) is 9. The topological polar surface area (TPSA) is 71.0 Å². The lowest BCUT2D eigenvalue weighted by molar-refractivity contribution is 0.119. The number of aromatic nitrogens is 2. The van der Waals surface area contributed by atoms with Crippen LogP contribution in [-0.2, 0) is 6.54 Å². The summed E-state index contributed by atoms with van der Waals surface area (Å²) in [6.45, 7) is 3.67. The van der Waals surface area contributed by atoms with Crippen molar-refractivity contribution in [1.29, 1.82) is 0 Å². The van der Waals surface area contributed by atoms with Crippen LogP contribution in [0.5, 0.6) is 17.2 Å². The highest BCUT2D eigenvalue weighted by Gasteiger charge is 2.28. The highest BCUT2D eigenvalue weighted by molar-refractivity contribution is 8.00. The molecular weight excluding hydrogens is 456 g/mol. The summed E-state index contributed by atoms with van der Waals surface area (Å²) < 4.78 is 17.9. The molecule has 1 saturated heterocycles. The molecule has 1 N–H and O–H groups in total. The van der Waals surface area contributed by atoms with E-state index in [4.69, 9.17) is 9.47 Å². The van der Waals surface area contributed by atoms with Gasteiger partial charge in [0.15, 0.2) is 0 Å². The Balaban J connectivity index is 1.39. The van der Waals surface area contributed by atoms with Gasteiger partial charge in [-0.05, 0) is 62.1 Å². The number of ether oxygens (including phenoxy) is 2. The highest BCUT2D eigenvalue weighted by Crippen LogP contribution is 2.41. The Morgan fingerprint density at radius 3 is 2.88 bits per heavy atom. The number of methoxy groups -OCH3 is 1. The first-order chi connectivity index (χ1) is 16.2. The number of piperidine rings is 1. The molecule has 2 aliphatic rings. The summed E-state index contributed by atoms with van der Waals surface area (Å²) in [4.78, 5) is 8.14. The van der Waals surface area contributed by atoms with E-state index in [2.05, 4.69) is 36.8 Å². The summed E-state index contributed by atoms with van der Waals surface area (Å²) >= 11 is 2.95. The third-order valence-corrected chi connectivity index (χ3v) is 7.98. The summed E-state index contributed by atoms with van der Waals surface area (Å²) in [6, 6.07) is 12.2. The van der Waals surface area contributed by atoms with E-state index in [1.54, 1.807) is 37.5 Å². The Kier molecular flexibility index (Phi) is 6.89. The van der Waals surface area contributed by atoms with Crippen molar-refractivity contribution in [3.8, 4) is 17.2 Å². The summed E-state index contributed by atoms with van der Waals surface area (Å²) in [7, 11) is 1.61. The zero-order valence-corrected chi connectivity index (χ0v) is 20.3.